The molecule has 2 aromatic carbocycles. The summed E-state index contributed by atoms with van der Waals surface area (Å²) in [6, 6.07) is 13.9. The van der Waals surface area contributed by atoms with Crippen molar-refractivity contribution in [3.05, 3.63) is 77.5 Å². The maximum Gasteiger partial charge on any atom is 0.416 e. The highest BCUT2D eigenvalue weighted by Crippen LogP contribution is 2.41. The largest absolute Gasteiger partial charge is 0.416 e. The van der Waals surface area contributed by atoms with Crippen molar-refractivity contribution in [1.29, 1.82) is 0 Å². The smallest absolute Gasteiger partial charge is 0.323 e. The van der Waals surface area contributed by atoms with Crippen molar-refractivity contribution in [3.63, 3.8) is 0 Å². The Balaban J connectivity index is 1.55. The molecule has 0 unspecified atom stereocenters. The van der Waals surface area contributed by atoms with Crippen molar-refractivity contribution in [2.24, 2.45) is 0 Å². The molecule has 2 aliphatic rings. The Bertz CT molecular complexity index is 1500. The van der Waals surface area contributed by atoms with E-state index in [0.29, 0.717) is 34.5 Å². The average Bonchev–Trinajstić information content (AvgIpc) is 3.32. The van der Waals surface area contributed by atoms with Gasteiger partial charge in [0.25, 0.3) is 0 Å². The first kappa shape index (κ1) is 21.4. The summed E-state index contributed by atoms with van der Waals surface area (Å²) < 4.78 is 40.3. The van der Waals surface area contributed by atoms with E-state index in [4.69, 9.17) is 4.98 Å². The van der Waals surface area contributed by atoms with Gasteiger partial charge in [0.2, 0.25) is 0 Å². The summed E-state index contributed by atoms with van der Waals surface area (Å²) in [5.41, 5.74) is 11.3. The third-order valence-corrected chi connectivity index (χ3v) is 6.25. The van der Waals surface area contributed by atoms with Gasteiger partial charge in [-0.2, -0.15) is 13.2 Å². The number of carbonyl (C=O) groups is 1. The van der Waals surface area contributed by atoms with Gasteiger partial charge in [-0.1, -0.05) is 12.1 Å². The van der Waals surface area contributed by atoms with Crippen molar-refractivity contribution < 1.29 is 18.0 Å². The van der Waals surface area contributed by atoms with E-state index < -0.39 is 17.8 Å². The van der Waals surface area contributed by atoms with Crippen LogP contribution in [0.25, 0.3) is 22.3 Å². The van der Waals surface area contributed by atoms with Crippen LogP contribution in [0.1, 0.15) is 16.7 Å². The van der Waals surface area contributed by atoms with Crippen LogP contribution >= 0.6 is 0 Å². The van der Waals surface area contributed by atoms with Crippen molar-refractivity contribution in [1.82, 2.24) is 20.3 Å². The Kier molecular flexibility index (Phi) is 4.68. The number of amides is 2. The van der Waals surface area contributed by atoms with Crippen LogP contribution in [-0.2, 0) is 19.3 Å². The van der Waals surface area contributed by atoms with Gasteiger partial charge in [0, 0.05) is 30.9 Å². The Morgan fingerprint density at radius 1 is 1.03 bits per heavy atom. The van der Waals surface area contributed by atoms with Gasteiger partial charge in [-0.05, 0) is 48.0 Å². The predicted octanol–water partition coefficient (Wildman–Crippen LogP) is 5.45. The van der Waals surface area contributed by atoms with E-state index in [-0.39, 0.29) is 12.2 Å². The highest BCUT2D eigenvalue weighted by molar-refractivity contribution is 6.08. The predicted molar refractivity (Wildman–Crippen MR) is 126 cm³/mol. The zero-order valence-corrected chi connectivity index (χ0v) is 18.5. The fraction of sp³-hybridized carbons (Fsp3) is 0.160. The number of hydrogen-bond acceptors (Lipinski definition) is 5. The number of pyridine rings is 2. The lowest BCUT2D eigenvalue weighted by atomic mass is 10.0. The number of carbonyl (C=O) groups excluding carboxylic acids is 1. The second kappa shape index (κ2) is 7.67. The van der Waals surface area contributed by atoms with Gasteiger partial charge in [0.1, 0.15) is 5.52 Å². The number of fused-ring (bicyclic) bond motifs is 4. The van der Waals surface area contributed by atoms with Crippen LogP contribution in [0.5, 0.6) is 0 Å². The monoisotopic (exact) mass is 476 g/mol. The minimum Gasteiger partial charge on any atom is -0.323 e. The number of alkyl halides is 3. The molecule has 35 heavy (non-hydrogen) atoms. The van der Waals surface area contributed by atoms with Crippen LogP contribution in [0, 0.1) is 0 Å². The number of benzene rings is 2. The fourth-order valence-electron chi connectivity index (χ4n) is 4.52. The van der Waals surface area contributed by atoms with Crippen molar-refractivity contribution in [3.8, 4) is 11.3 Å². The third-order valence-electron chi connectivity index (χ3n) is 6.25. The number of rotatable bonds is 2. The molecule has 0 saturated carbocycles. The summed E-state index contributed by atoms with van der Waals surface area (Å²) in [4.78, 5) is 25.4. The molecule has 2 amide bonds. The molecule has 0 saturated heterocycles. The lowest BCUT2D eigenvalue weighted by Gasteiger charge is -2.35. The molecule has 10 heteroatoms. The van der Waals surface area contributed by atoms with E-state index in [2.05, 4.69) is 15.8 Å². The summed E-state index contributed by atoms with van der Waals surface area (Å²) >= 11 is 0. The SMILES string of the molecule is CN1Cc2cnc3ccc(-c4ccc5c(c4)CNN5)nc3c2N(c2cccc(C(F)(F)F)c2)C1=O. The Morgan fingerprint density at radius 2 is 1.89 bits per heavy atom. The average molecular weight is 476 g/mol. The lowest BCUT2D eigenvalue weighted by Crippen LogP contribution is -2.42. The van der Waals surface area contributed by atoms with Crippen molar-refractivity contribution in [2.75, 3.05) is 17.4 Å². The highest BCUT2D eigenvalue weighted by Gasteiger charge is 2.35. The van der Waals surface area contributed by atoms with E-state index in [1.54, 1.807) is 13.2 Å². The van der Waals surface area contributed by atoms with Crippen LogP contribution in [0.4, 0.5) is 35.0 Å². The molecular weight excluding hydrogens is 457 g/mol. The summed E-state index contributed by atoms with van der Waals surface area (Å²) in [5, 5.41) is 0. The lowest BCUT2D eigenvalue weighted by molar-refractivity contribution is -0.137. The molecule has 0 bridgehead atoms. The van der Waals surface area contributed by atoms with Gasteiger partial charge in [-0.15, -0.1) is 0 Å². The number of anilines is 3. The van der Waals surface area contributed by atoms with E-state index >= 15 is 0 Å². The van der Waals surface area contributed by atoms with Crippen LogP contribution in [-0.4, -0.2) is 27.9 Å². The number of hydrogen-bond donors (Lipinski definition) is 2. The molecule has 6 rings (SSSR count). The topological polar surface area (TPSA) is 73.4 Å². The fourth-order valence-corrected chi connectivity index (χ4v) is 4.52. The third kappa shape index (κ3) is 3.53. The minimum absolute atomic E-state index is 0.118. The van der Waals surface area contributed by atoms with Gasteiger partial charge in [0.15, 0.2) is 0 Å². The zero-order chi connectivity index (χ0) is 24.3. The summed E-state index contributed by atoms with van der Waals surface area (Å²) in [7, 11) is 1.60. The van der Waals surface area contributed by atoms with Crippen molar-refractivity contribution >= 4 is 34.1 Å². The molecule has 0 radical (unpaired) electrons. The second-order valence-electron chi connectivity index (χ2n) is 8.57. The molecule has 2 aromatic heterocycles. The van der Waals surface area contributed by atoms with Crippen molar-refractivity contribution in [2.45, 2.75) is 19.3 Å². The van der Waals surface area contributed by atoms with Gasteiger partial charge < -0.3 is 10.3 Å². The van der Waals surface area contributed by atoms with Gasteiger partial charge >= 0.3 is 12.2 Å². The normalized spacial score (nSPS) is 15.3. The van der Waals surface area contributed by atoms with Crippen LogP contribution < -0.4 is 15.8 Å². The molecule has 0 fully saturated rings. The Labute approximate surface area is 198 Å². The zero-order valence-electron chi connectivity index (χ0n) is 18.5. The number of urea groups is 1. The molecule has 7 nitrogen and oxygen atoms in total. The molecule has 4 aromatic rings. The standard InChI is InChI=1S/C25H19F3N6O/c1-33-13-16-11-29-21-8-7-19(14-5-6-20-15(9-14)12-30-32-20)31-22(21)23(16)34(24(33)35)18-4-2-3-17(10-18)25(26,27)28/h2-11,30,32H,12-13H2,1H3. The van der Waals surface area contributed by atoms with Crippen LogP contribution in [0.3, 0.4) is 0 Å². The maximum atomic E-state index is 13.4. The van der Waals surface area contributed by atoms with Gasteiger partial charge in [-0.25, -0.2) is 15.2 Å². The molecule has 176 valence electrons. The maximum absolute atomic E-state index is 13.4. The molecular formula is C25H19F3N6O. The highest BCUT2D eigenvalue weighted by atomic mass is 19.4. The molecule has 0 spiro atoms. The summed E-state index contributed by atoms with van der Waals surface area (Å²) in [5.74, 6) is 0. The van der Waals surface area contributed by atoms with Gasteiger partial charge in [-0.3, -0.25) is 9.88 Å². The minimum atomic E-state index is -4.54. The van der Waals surface area contributed by atoms with E-state index in [1.165, 1.54) is 21.9 Å². The van der Waals surface area contributed by atoms with Crippen LogP contribution in [0.15, 0.2) is 60.8 Å². The first-order valence-electron chi connectivity index (χ1n) is 10.9. The van der Waals surface area contributed by atoms with Crippen LogP contribution in [0.2, 0.25) is 0 Å². The van der Waals surface area contributed by atoms with E-state index in [0.717, 1.165) is 28.9 Å². The molecule has 0 aliphatic carbocycles. The number of hydrazine groups is 1. The molecule has 0 atom stereocenters. The quantitative estimate of drug-likeness (QED) is 0.403. The molecule has 4 heterocycles. The number of nitrogens with zero attached hydrogens (tertiary/aromatic N) is 4. The number of halogens is 3. The number of aromatic nitrogens is 2. The Morgan fingerprint density at radius 3 is 2.71 bits per heavy atom. The second-order valence-corrected chi connectivity index (χ2v) is 8.57. The summed E-state index contributed by atoms with van der Waals surface area (Å²) in [6.07, 6.45) is -2.89. The Hall–Kier alpha value is -4.18. The molecule has 2 N–H and O–H groups in total. The van der Waals surface area contributed by atoms with Gasteiger partial charge in [0.05, 0.1) is 40.4 Å². The number of nitrogens with one attached hydrogen (secondary N) is 2. The molecule has 2 aliphatic heterocycles. The first-order valence-corrected chi connectivity index (χ1v) is 10.9. The summed E-state index contributed by atoms with van der Waals surface area (Å²) in [6.45, 7) is 0.951. The van der Waals surface area contributed by atoms with E-state index in [9.17, 15) is 18.0 Å². The van der Waals surface area contributed by atoms with E-state index in [1.807, 2.05) is 30.3 Å². The first-order chi connectivity index (χ1) is 16.8.